The van der Waals surface area contributed by atoms with E-state index >= 15 is 0 Å². The van der Waals surface area contributed by atoms with Gasteiger partial charge in [0.2, 0.25) is 0 Å². The zero-order chi connectivity index (χ0) is 23.7. The standard InChI is InChI=1S/C17H34N4O3.C4H8O.C2H6/c1-16(2)5-3-4-6-17-15-21(20-19-17)8-10-23-12-14-24-13-11-22-9-7-18;1-4(2)3-5;1-2/h15-16H,3-14,18H2,1-2H3;3-4H,1-2H3;1-2H3. The van der Waals surface area contributed by atoms with E-state index in [9.17, 15) is 4.79 Å². The van der Waals surface area contributed by atoms with Crippen LogP contribution in [-0.4, -0.2) is 67.5 Å². The first-order valence-electron chi connectivity index (χ1n) is 11.8. The summed E-state index contributed by atoms with van der Waals surface area (Å²) in [7, 11) is 0. The Morgan fingerprint density at radius 1 is 0.968 bits per heavy atom. The van der Waals surface area contributed by atoms with Gasteiger partial charge in [0.1, 0.15) is 6.29 Å². The van der Waals surface area contributed by atoms with Crippen molar-refractivity contribution in [1.29, 1.82) is 0 Å². The number of carbonyl (C=O) groups excluding carboxylic acids is 1. The average molecular weight is 445 g/mol. The molecule has 1 aromatic heterocycles. The third-order valence-corrected chi connectivity index (χ3v) is 3.79. The van der Waals surface area contributed by atoms with E-state index < -0.39 is 0 Å². The maximum absolute atomic E-state index is 9.50. The lowest BCUT2D eigenvalue weighted by Gasteiger charge is -2.06. The van der Waals surface area contributed by atoms with Crippen LogP contribution in [-0.2, 0) is 32.0 Å². The van der Waals surface area contributed by atoms with Gasteiger partial charge in [-0.3, -0.25) is 0 Å². The molecule has 0 saturated carbocycles. The molecule has 8 nitrogen and oxygen atoms in total. The molecule has 0 aliphatic rings. The zero-order valence-electron chi connectivity index (χ0n) is 20.8. The Balaban J connectivity index is 0. The minimum absolute atomic E-state index is 0.204. The van der Waals surface area contributed by atoms with Gasteiger partial charge in [-0.25, -0.2) is 4.68 Å². The summed E-state index contributed by atoms with van der Waals surface area (Å²) in [6.45, 7) is 17.0. The Bertz CT molecular complexity index is 482. The summed E-state index contributed by atoms with van der Waals surface area (Å²) in [5.41, 5.74) is 6.39. The van der Waals surface area contributed by atoms with Crippen molar-refractivity contribution in [3.63, 3.8) is 0 Å². The zero-order valence-corrected chi connectivity index (χ0v) is 20.8. The fraction of sp³-hybridized carbons (Fsp3) is 0.870. The number of ether oxygens (including phenoxy) is 3. The van der Waals surface area contributed by atoms with Gasteiger partial charge in [-0.15, -0.1) is 5.10 Å². The third-order valence-electron chi connectivity index (χ3n) is 3.79. The van der Waals surface area contributed by atoms with Crippen LogP contribution in [0.3, 0.4) is 0 Å². The first kappa shape index (κ1) is 31.8. The number of carbonyl (C=O) groups is 1. The largest absolute Gasteiger partial charge is 0.378 e. The van der Waals surface area contributed by atoms with Gasteiger partial charge in [0.05, 0.1) is 51.9 Å². The smallest absolute Gasteiger partial charge is 0.122 e. The van der Waals surface area contributed by atoms with Crippen molar-refractivity contribution in [2.45, 2.75) is 73.8 Å². The van der Waals surface area contributed by atoms with Crippen molar-refractivity contribution in [2.24, 2.45) is 17.6 Å². The van der Waals surface area contributed by atoms with Crippen molar-refractivity contribution in [3.8, 4) is 0 Å². The van der Waals surface area contributed by atoms with Crippen molar-refractivity contribution in [1.82, 2.24) is 15.0 Å². The Morgan fingerprint density at radius 2 is 1.52 bits per heavy atom. The highest BCUT2D eigenvalue weighted by Crippen LogP contribution is 2.09. The Kier molecular flexibility index (Phi) is 25.6. The maximum atomic E-state index is 9.50. The quantitative estimate of drug-likeness (QED) is 0.290. The molecular formula is C23H48N4O4. The number of rotatable bonds is 17. The van der Waals surface area contributed by atoms with E-state index in [1.807, 2.05) is 38.6 Å². The summed E-state index contributed by atoms with van der Waals surface area (Å²) in [6, 6.07) is 0. The molecule has 0 aliphatic carbocycles. The minimum Gasteiger partial charge on any atom is -0.378 e. The predicted octanol–water partition coefficient (Wildman–Crippen LogP) is 3.52. The van der Waals surface area contributed by atoms with Crippen LogP contribution in [0.25, 0.3) is 0 Å². The second-order valence-electron chi connectivity index (χ2n) is 7.62. The number of aldehydes is 1. The van der Waals surface area contributed by atoms with Crippen LogP contribution in [0.5, 0.6) is 0 Å². The Labute approximate surface area is 190 Å². The van der Waals surface area contributed by atoms with Gasteiger partial charge < -0.3 is 24.7 Å². The number of aromatic nitrogens is 3. The van der Waals surface area contributed by atoms with E-state index in [2.05, 4.69) is 24.2 Å². The molecule has 0 amide bonds. The number of aryl methyl sites for hydroxylation is 1. The molecule has 0 spiro atoms. The van der Waals surface area contributed by atoms with Gasteiger partial charge in [0, 0.05) is 18.7 Å². The first-order chi connectivity index (χ1) is 15.0. The molecule has 0 fully saturated rings. The number of hydrogen-bond acceptors (Lipinski definition) is 7. The molecule has 0 atom stereocenters. The molecule has 1 rings (SSSR count). The number of nitrogens with zero attached hydrogens (tertiary/aromatic N) is 3. The molecule has 2 N–H and O–H groups in total. The second-order valence-corrected chi connectivity index (χ2v) is 7.62. The van der Waals surface area contributed by atoms with Gasteiger partial charge in [0.25, 0.3) is 0 Å². The fourth-order valence-corrected chi connectivity index (χ4v) is 2.20. The Morgan fingerprint density at radius 3 is 2.03 bits per heavy atom. The molecule has 184 valence electrons. The molecule has 0 aromatic carbocycles. The van der Waals surface area contributed by atoms with E-state index in [0.717, 1.165) is 30.9 Å². The third kappa shape index (κ3) is 24.8. The number of unbranched alkanes of at least 4 members (excludes halogenated alkanes) is 1. The van der Waals surface area contributed by atoms with Crippen LogP contribution >= 0.6 is 0 Å². The predicted molar refractivity (Wildman–Crippen MR) is 126 cm³/mol. The lowest BCUT2D eigenvalue weighted by atomic mass is 10.0. The molecule has 0 saturated heterocycles. The van der Waals surface area contributed by atoms with E-state index in [1.165, 1.54) is 19.3 Å². The van der Waals surface area contributed by atoms with Gasteiger partial charge in [-0.1, -0.05) is 59.6 Å². The highest BCUT2D eigenvalue weighted by Gasteiger charge is 2.02. The molecular weight excluding hydrogens is 396 g/mol. The van der Waals surface area contributed by atoms with E-state index in [4.69, 9.17) is 19.9 Å². The van der Waals surface area contributed by atoms with Gasteiger partial charge >= 0.3 is 0 Å². The van der Waals surface area contributed by atoms with Crippen molar-refractivity contribution < 1.29 is 19.0 Å². The average Bonchev–Trinajstić information content (AvgIpc) is 3.22. The summed E-state index contributed by atoms with van der Waals surface area (Å²) in [5, 5.41) is 8.34. The fourth-order valence-electron chi connectivity index (χ4n) is 2.20. The summed E-state index contributed by atoms with van der Waals surface area (Å²) < 4.78 is 18.0. The highest BCUT2D eigenvalue weighted by molar-refractivity contribution is 5.51. The molecule has 0 bridgehead atoms. The SMILES string of the molecule is CC.CC(C)C=O.CC(C)CCCCc1cn(CCOCCOCCOCCN)nn1. The van der Waals surface area contributed by atoms with Gasteiger partial charge in [-0.05, 0) is 18.8 Å². The van der Waals surface area contributed by atoms with E-state index in [1.54, 1.807) is 0 Å². The van der Waals surface area contributed by atoms with Crippen LogP contribution in [0.1, 0.15) is 66.5 Å². The molecule has 8 heteroatoms. The monoisotopic (exact) mass is 444 g/mol. The summed E-state index contributed by atoms with van der Waals surface area (Å²) in [6.07, 6.45) is 7.66. The number of nitrogens with two attached hydrogens (primary N) is 1. The van der Waals surface area contributed by atoms with Gasteiger partial charge in [0.15, 0.2) is 0 Å². The lowest BCUT2D eigenvalue weighted by Crippen LogP contribution is -2.14. The van der Waals surface area contributed by atoms with E-state index in [-0.39, 0.29) is 5.92 Å². The van der Waals surface area contributed by atoms with Crippen LogP contribution in [0, 0.1) is 11.8 Å². The second kappa shape index (κ2) is 24.9. The van der Waals surface area contributed by atoms with Crippen LogP contribution in [0.4, 0.5) is 0 Å². The molecule has 0 unspecified atom stereocenters. The maximum Gasteiger partial charge on any atom is 0.122 e. The van der Waals surface area contributed by atoms with Crippen LogP contribution in [0.2, 0.25) is 0 Å². The topological polar surface area (TPSA) is 101 Å². The van der Waals surface area contributed by atoms with Crippen molar-refractivity contribution in [2.75, 3.05) is 46.2 Å². The van der Waals surface area contributed by atoms with Gasteiger partial charge in [-0.2, -0.15) is 0 Å². The molecule has 0 aliphatic heterocycles. The normalized spacial score (nSPS) is 10.5. The number of hydrogen-bond donors (Lipinski definition) is 1. The highest BCUT2D eigenvalue weighted by atomic mass is 16.5. The summed E-state index contributed by atoms with van der Waals surface area (Å²) in [4.78, 5) is 9.50. The van der Waals surface area contributed by atoms with Crippen molar-refractivity contribution in [3.05, 3.63) is 11.9 Å². The molecule has 1 heterocycles. The Hall–Kier alpha value is -1.35. The summed E-state index contributed by atoms with van der Waals surface area (Å²) in [5.74, 6) is 0.982. The molecule has 31 heavy (non-hydrogen) atoms. The van der Waals surface area contributed by atoms with E-state index in [0.29, 0.717) is 46.2 Å². The van der Waals surface area contributed by atoms with Crippen molar-refractivity contribution >= 4 is 6.29 Å². The lowest BCUT2D eigenvalue weighted by molar-refractivity contribution is -0.110. The first-order valence-corrected chi connectivity index (χ1v) is 11.8. The molecule has 0 radical (unpaired) electrons. The minimum atomic E-state index is 0.204. The van der Waals surface area contributed by atoms with Crippen LogP contribution < -0.4 is 5.73 Å². The summed E-state index contributed by atoms with van der Waals surface area (Å²) >= 11 is 0. The molecule has 1 aromatic rings. The van der Waals surface area contributed by atoms with Crippen LogP contribution in [0.15, 0.2) is 6.20 Å².